The first-order valence-corrected chi connectivity index (χ1v) is 15.6. The second kappa shape index (κ2) is 13.2. The molecule has 0 amide bonds. The Labute approximate surface area is 260 Å². The van der Waals surface area contributed by atoms with E-state index in [1.807, 2.05) is 26.8 Å². The lowest BCUT2D eigenvalue weighted by atomic mass is 9.39. The average Bonchev–Trinajstić information content (AvgIpc) is 2.93. The van der Waals surface area contributed by atoms with Crippen LogP contribution in [0, 0.1) is 28.1 Å². The van der Waals surface area contributed by atoms with Crippen LogP contribution in [0.15, 0.2) is 88.8 Å². The maximum atomic E-state index is 15.4. The van der Waals surface area contributed by atoms with E-state index in [4.69, 9.17) is 4.74 Å². The topological polar surface area (TPSA) is 60.4 Å². The molecule has 0 saturated heterocycles. The number of benzene rings is 1. The molecule has 4 atom stereocenters. The van der Waals surface area contributed by atoms with E-state index in [9.17, 15) is 4.79 Å². The molecule has 0 radical (unpaired) electrons. The van der Waals surface area contributed by atoms with Crippen LogP contribution in [-0.2, 0) is 14.3 Å². The number of ether oxygens (including phenoxy) is 1. The molecule has 1 aromatic carbocycles. The zero-order valence-corrected chi connectivity index (χ0v) is 28.1. The molecule has 4 heteroatoms. The van der Waals surface area contributed by atoms with E-state index in [0.717, 1.165) is 17.6 Å². The molecule has 232 valence electrons. The van der Waals surface area contributed by atoms with Gasteiger partial charge in [0.05, 0.1) is 17.9 Å². The van der Waals surface area contributed by atoms with Gasteiger partial charge in [-0.25, -0.2) is 0 Å². The summed E-state index contributed by atoms with van der Waals surface area (Å²) < 4.78 is 6.14. The lowest BCUT2D eigenvalue weighted by Crippen LogP contribution is -2.67. The maximum absolute atomic E-state index is 15.4. The Morgan fingerprint density at radius 2 is 1.53 bits per heavy atom. The smallest absolute Gasteiger partial charge is 0.200 e. The van der Waals surface area contributed by atoms with Gasteiger partial charge in [-0.2, -0.15) is 0 Å². The molecule has 0 spiro atoms. The van der Waals surface area contributed by atoms with Crippen LogP contribution in [0.25, 0.3) is 0 Å². The molecule has 1 saturated carbocycles. The molecule has 1 unspecified atom stereocenters. The summed E-state index contributed by atoms with van der Waals surface area (Å²) in [4.78, 5) is 44.8. The van der Waals surface area contributed by atoms with Crippen LogP contribution in [0.1, 0.15) is 105 Å². The molecule has 2 aliphatic rings. The van der Waals surface area contributed by atoms with Crippen molar-refractivity contribution in [3.63, 3.8) is 0 Å². The molecule has 0 heterocycles. The van der Waals surface area contributed by atoms with Gasteiger partial charge < -0.3 is 4.74 Å². The fourth-order valence-electron chi connectivity index (χ4n) is 7.27. The van der Waals surface area contributed by atoms with E-state index in [1.54, 1.807) is 24.3 Å². The largest absolute Gasteiger partial charge is 0.499 e. The number of Topliss-reactive ketones (excluding diaryl/α,β-unsaturated/α-hetero) is 3. The first-order chi connectivity index (χ1) is 20.1. The molecule has 2 bridgehead atoms. The monoisotopic (exact) mass is 584 g/mol. The minimum Gasteiger partial charge on any atom is -0.499 e. The van der Waals surface area contributed by atoms with Crippen molar-refractivity contribution in [1.82, 2.24) is 0 Å². The van der Waals surface area contributed by atoms with Crippen LogP contribution in [0.5, 0.6) is 0 Å². The number of hydrogen-bond acceptors (Lipinski definition) is 4. The van der Waals surface area contributed by atoms with E-state index in [2.05, 4.69) is 66.3 Å². The van der Waals surface area contributed by atoms with Crippen LogP contribution >= 0.6 is 0 Å². The summed E-state index contributed by atoms with van der Waals surface area (Å²) in [5, 5.41) is 0. The van der Waals surface area contributed by atoms with Crippen molar-refractivity contribution in [2.45, 2.75) is 94.4 Å². The Kier molecular flexibility index (Phi) is 10.5. The standard InChI is InChI=1S/C39H52O4/c1-25(2)17-19-30(28(7)8)23-38-24-31(20-18-26(3)4)37(9,10)39(36(38)42,22-21-27(5)6)35(43-11)32(34(38)41)33(40)29-15-13-12-14-16-29/h12-18,21,30-31H,7,19-20,22-24H2,1-6,8-11H3/t30?,31-,38+,39+/m0/s1. The second-order valence-electron chi connectivity index (χ2n) is 14.1. The third-order valence-electron chi connectivity index (χ3n) is 10.0. The summed E-state index contributed by atoms with van der Waals surface area (Å²) in [5.41, 5.74) is 1.66. The maximum Gasteiger partial charge on any atom is 0.200 e. The molecule has 0 aliphatic heterocycles. The zero-order chi connectivity index (χ0) is 32.3. The minimum atomic E-state index is -1.37. The normalized spacial score (nSPS) is 25.0. The number of methoxy groups -OCH3 is 1. The van der Waals surface area contributed by atoms with Crippen LogP contribution in [0.2, 0.25) is 0 Å². The van der Waals surface area contributed by atoms with E-state index in [-0.39, 0.29) is 34.7 Å². The van der Waals surface area contributed by atoms with Crippen LogP contribution < -0.4 is 0 Å². The van der Waals surface area contributed by atoms with Gasteiger partial charge >= 0.3 is 0 Å². The van der Waals surface area contributed by atoms with Gasteiger partial charge in [0.15, 0.2) is 17.3 Å². The van der Waals surface area contributed by atoms with Crippen LogP contribution in [0.3, 0.4) is 0 Å². The van der Waals surface area contributed by atoms with Gasteiger partial charge in [0.25, 0.3) is 0 Å². The minimum absolute atomic E-state index is 0.00219. The fraction of sp³-hybridized carbons (Fsp3) is 0.513. The van der Waals surface area contributed by atoms with Crippen molar-refractivity contribution in [1.29, 1.82) is 0 Å². The number of allylic oxidation sites excluding steroid dienone is 9. The highest BCUT2D eigenvalue weighted by molar-refractivity contribution is 6.34. The molecule has 2 aliphatic carbocycles. The number of ketones is 3. The SMILES string of the molecule is C=C(C)C(CC=C(C)C)C[C@]12C[C@H](CC=C(C)C)C(C)(C)[C@@](CC=C(C)C)(C1=O)C(OC)=C(C(=O)c1ccccc1)C2=O. The van der Waals surface area contributed by atoms with Crippen molar-refractivity contribution in [2.75, 3.05) is 7.11 Å². The Hall–Kier alpha value is -3.27. The summed E-state index contributed by atoms with van der Waals surface area (Å²) in [6.07, 6.45) is 8.95. The number of rotatable bonds is 12. The summed E-state index contributed by atoms with van der Waals surface area (Å²) in [5.74, 6) is -0.736. The first kappa shape index (κ1) is 34.2. The zero-order valence-electron chi connectivity index (χ0n) is 28.1. The molecular formula is C39H52O4. The van der Waals surface area contributed by atoms with Crippen molar-refractivity contribution >= 4 is 17.3 Å². The third kappa shape index (κ3) is 6.21. The molecule has 43 heavy (non-hydrogen) atoms. The van der Waals surface area contributed by atoms with Crippen molar-refractivity contribution < 1.29 is 19.1 Å². The molecule has 0 N–H and O–H groups in total. The number of carbonyl (C=O) groups is 3. The molecular weight excluding hydrogens is 532 g/mol. The highest BCUT2D eigenvalue weighted by atomic mass is 16.5. The van der Waals surface area contributed by atoms with Crippen LogP contribution in [0.4, 0.5) is 0 Å². The van der Waals surface area contributed by atoms with Crippen molar-refractivity contribution in [3.8, 4) is 0 Å². The third-order valence-corrected chi connectivity index (χ3v) is 10.0. The van der Waals surface area contributed by atoms with E-state index >= 15 is 9.59 Å². The van der Waals surface area contributed by atoms with Gasteiger partial charge in [-0.05, 0) is 97.8 Å². The van der Waals surface area contributed by atoms with Crippen molar-refractivity contribution in [2.24, 2.45) is 28.1 Å². The highest BCUT2D eigenvalue weighted by Gasteiger charge is 2.72. The summed E-state index contributed by atoms with van der Waals surface area (Å²) in [7, 11) is 1.51. The fourth-order valence-corrected chi connectivity index (χ4v) is 7.27. The Morgan fingerprint density at radius 3 is 2.05 bits per heavy atom. The van der Waals surface area contributed by atoms with Gasteiger partial charge in [-0.3, -0.25) is 14.4 Å². The van der Waals surface area contributed by atoms with Crippen LogP contribution in [-0.4, -0.2) is 24.5 Å². The van der Waals surface area contributed by atoms with Gasteiger partial charge in [-0.1, -0.05) is 91.3 Å². The Bertz CT molecular complexity index is 1390. The Balaban J connectivity index is 2.48. The molecule has 4 nitrogen and oxygen atoms in total. The lowest BCUT2D eigenvalue weighted by Gasteiger charge is -2.61. The summed E-state index contributed by atoms with van der Waals surface area (Å²) in [6.45, 7) is 22.8. The summed E-state index contributed by atoms with van der Waals surface area (Å²) >= 11 is 0. The van der Waals surface area contributed by atoms with E-state index < -0.39 is 22.0 Å². The quantitative estimate of drug-likeness (QED) is 0.106. The van der Waals surface area contributed by atoms with Gasteiger partial charge in [0.2, 0.25) is 0 Å². The van der Waals surface area contributed by atoms with Crippen molar-refractivity contribution in [3.05, 3.63) is 94.3 Å². The molecule has 1 aromatic rings. The summed E-state index contributed by atoms with van der Waals surface area (Å²) in [6, 6.07) is 8.89. The molecule has 1 fully saturated rings. The van der Waals surface area contributed by atoms with Gasteiger partial charge in [0.1, 0.15) is 11.3 Å². The number of carbonyl (C=O) groups excluding carboxylic acids is 3. The first-order valence-electron chi connectivity index (χ1n) is 15.6. The van der Waals surface area contributed by atoms with Gasteiger partial charge in [0, 0.05) is 5.56 Å². The Morgan fingerprint density at radius 1 is 0.953 bits per heavy atom. The predicted molar refractivity (Wildman–Crippen MR) is 177 cm³/mol. The number of fused-ring (bicyclic) bond motifs is 2. The molecule has 0 aromatic heterocycles. The van der Waals surface area contributed by atoms with E-state index in [1.165, 1.54) is 18.3 Å². The van der Waals surface area contributed by atoms with E-state index in [0.29, 0.717) is 31.2 Å². The van der Waals surface area contributed by atoms with Gasteiger partial charge in [-0.15, -0.1) is 0 Å². The molecule has 3 rings (SSSR count). The average molecular weight is 585 g/mol. The lowest BCUT2D eigenvalue weighted by molar-refractivity contribution is -0.171. The number of hydrogen-bond donors (Lipinski definition) is 0. The second-order valence-corrected chi connectivity index (χ2v) is 14.1. The predicted octanol–water partition coefficient (Wildman–Crippen LogP) is 9.59. The highest BCUT2D eigenvalue weighted by Crippen LogP contribution is 2.68.